The zero-order chi connectivity index (χ0) is 28.4. The minimum absolute atomic E-state index is 0.0739. The van der Waals surface area contributed by atoms with Crippen molar-refractivity contribution in [2.24, 2.45) is 0 Å². The van der Waals surface area contributed by atoms with Crippen molar-refractivity contribution in [1.29, 1.82) is 0 Å². The molecule has 0 bridgehead atoms. The van der Waals surface area contributed by atoms with E-state index in [4.69, 9.17) is 4.74 Å². The fraction of sp³-hybridized carbons (Fsp3) is 0.385. The highest BCUT2D eigenvalue weighted by Crippen LogP contribution is 2.28. The SMILES string of the molecule is O=C(NCC(=O)N1CCC[C@H]1C(=O)Nc1ccn(C2O[C@H](CO)[C@@H](O)[C@@H]2O)c(=O)n1)c1ccnc2ccccc12. The molecule has 2 aliphatic heterocycles. The summed E-state index contributed by atoms with van der Waals surface area (Å²) in [6.45, 7) is -0.533. The van der Waals surface area contributed by atoms with Crippen molar-refractivity contribution < 1.29 is 34.4 Å². The normalized spacial score (nSPS) is 24.3. The summed E-state index contributed by atoms with van der Waals surface area (Å²) in [5, 5.41) is 35.1. The number of benzene rings is 1. The van der Waals surface area contributed by atoms with Crippen molar-refractivity contribution in [2.45, 2.75) is 43.4 Å². The first-order chi connectivity index (χ1) is 19.3. The number of amides is 3. The number of likely N-dealkylation sites (tertiary alicyclic amines) is 1. The smallest absolute Gasteiger partial charge is 0.351 e. The molecule has 0 aliphatic carbocycles. The van der Waals surface area contributed by atoms with Gasteiger partial charge in [0.15, 0.2) is 6.23 Å². The maximum atomic E-state index is 13.0. The van der Waals surface area contributed by atoms with Crippen LogP contribution < -0.4 is 16.3 Å². The number of carbonyl (C=O) groups is 3. The highest BCUT2D eigenvalue weighted by atomic mass is 16.6. The van der Waals surface area contributed by atoms with Gasteiger partial charge in [0.2, 0.25) is 11.8 Å². The van der Waals surface area contributed by atoms with Gasteiger partial charge in [-0.2, -0.15) is 4.98 Å². The minimum Gasteiger partial charge on any atom is -0.394 e. The van der Waals surface area contributed by atoms with E-state index in [0.29, 0.717) is 35.9 Å². The third-order valence-electron chi connectivity index (χ3n) is 7.04. The molecule has 2 aromatic heterocycles. The van der Waals surface area contributed by atoms with Gasteiger partial charge in [0.25, 0.3) is 5.91 Å². The molecule has 2 saturated heterocycles. The number of nitrogens with one attached hydrogen (secondary N) is 2. The van der Waals surface area contributed by atoms with Crippen LogP contribution in [0.1, 0.15) is 29.4 Å². The summed E-state index contributed by atoms with van der Waals surface area (Å²) >= 11 is 0. The summed E-state index contributed by atoms with van der Waals surface area (Å²) in [6.07, 6.45) is -1.46. The molecule has 5 rings (SSSR count). The highest BCUT2D eigenvalue weighted by Gasteiger charge is 2.44. The van der Waals surface area contributed by atoms with Crippen LogP contribution in [0.2, 0.25) is 0 Å². The van der Waals surface area contributed by atoms with Gasteiger partial charge in [-0.1, -0.05) is 18.2 Å². The van der Waals surface area contributed by atoms with Gasteiger partial charge in [-0.25, -0.2) is 4.79 Å². The van der Waals surface area contributed by atoms with E-state index in [9.17, 15) is 34.5 Å². The molecule has 1 aromatic carbocycles. The number of aliphatic hydroxyl groups excluding tert-OH is 3. The predicted molar refractivity (Wildman–Crippen MR) is 139 cm³/mol. The lowest BCUT2D eigenvalue weighted by molar-refractivity contribution is -0.135. The number of aromatic nitrogens is 3. The number of aliphatic hydroxyl groups is 3. The van der Waals surface area contributed by atoms with Crippen LogP contribution >= 0.6 is 0 Å². The number of carbonyl (C=O) groups excluding carboxylic acids is 3. The Morgan fingerprint density at radius 1 is 1.10 bits per heavy atom. The lowest BCUT2D eigenvalue weighted by Crippen LogP contribution is -2.47. The van der Waals surface area contributed by atoms with Gasteiger partial charge < -0.3 is 35.6 Å². The number of fused-ring (bicyclic) bond motifs is 1. The van der Waals surface area contributed by atoms with E-state index in [2.05, 4.69) is 20.6 Å². The van der Waals surface area contributed by atoms with Crippen molar-refractivity contribution in [2.75, 3.05) is 25.0 Å². The number of anilines is 1. The molecule has 0 radical (unpaired) electrons. The Morgan fingerprint density at radius 3 is 2.65 bits per heavy atom. The minimum atomic E-state index is -1.46. The van der Waals surface area contributed by atoms with Crippen LogP contribution in [-0.4, -0.2) is 96.5 Å². The number of hydrogen-bond donors (Lipinski definition) is 5. The molecule has 3 amide bonds. The number of ether oxygens (including phenoxy) is 1. The van der Waals surface area contributed by atoms with Crippen molar-refractivity contribution in [3.63, 3.8) is 0 Å². The first-order valence-corrected chi connectivity index (χ1v) is 12.7. The number of pyridine rings is 1. The molecular weight excluding hydrogens is 524 g/mol. The quantitative estimate of drug-likeness (QED) is 0.237. The molecule has 3 aromatic rings. The molecule has 0 spiro atoms. The molecule has 2 aliphatic rings. The lowest BCUT2D eigenvalue weighted by atomic mass is 10.1. The third-order valence-corrected chi connectivity index (χ3v) is 7.04. The molecule has 14 nitrogen and oxygen atoms in total. The van der Waals surface area contributed by atoms with Crippen molar-refractivity contribution in [3.8, 4) is 0 Å². The number of nitrogens with zero attached hydrogens (tertiary/aromatic N) is 4. The summed E-state index contributed by atoms with van der Waals surface area (Å²) in [5.41, 5.74) is 0.170. The second-order valence-electron chi connectivity index (χ2n) is 9.52. The summed E-state index contributed by atoms with van der Waals surface area (Å²) in [7, 11) is 0. The van der Waals surface area contributed by atoms with E-state index in [1.807, 2.05) is 6.07 Å². The zero-order valence-electron chi connectivity index (χ0n) is 21.2. The molecule has 0 saturated carbocycles. The Bertz CT molecular complexity index is 1490. The fourth-order valence-corrected chi connectivity index (χ4v) is 4.98. The molecule has 5 atom stereocenters. The predicted octanol–water partition coefficient (Wildman–Crippen LogP) is -1.24. The van der Waals surface area contributed by atoms with Crippen LogP contribution in [0.15, 0.2) is 53.6 Å². The van der Waals surface area contributed by atoms with Crippen LogP contribution in [0.3, 0.4) is 0 Å². The van der Waals surface area contributed by atoms with Gasteiger partial charge in [-0.15, -0.1) is 0 Å². The third kappa shape index (κ3) is 5.29. The topological polar surface area (TPSA) is 196 Å². The standard InChI is InChI=1S/C26H28N6O8/c33-13-18-21(35)22(36)25(40-18)32-11-8-19(30-26(32)39)29-24(38)17-6-3-10-31(17)20(34)12-28-23(37)15-7-9-27-16-5-2-1-4-14(15)16/h1-2,4-5,7-9,11,17-18,21-22,25,33,35-36H,3,6,10,12-13H2,(H,28,37)(H,29,30,38,39)/t17-,18+,21+,22-,25?/m0/s1. The molecule has 2 fully saturated rings. The number of hydrogen-bond acceptors (Lipinski definition) is 10. The van der Waals surface area contributed by atoms with Crippen LogP contribution in [0.25, 0.3) is 10.9 Å². The Morgan fingerprint density at radius 2 is 1.90 bits per heavy atom. The van der Waals surface area contributed by atoms with Crippen LogP contribution in [0.4, 0.5) is 5.82 Å². The van der Waals surface area contributed by atoms with Crippen molar-refractivity contribution in [3.05, 3.63) is 64.8 Å². The van der Waals surface area contributed by atoms with E-state index in [-0.39, 0.29) is 12.4 Å². The molecule has 40 heavy (non-hydrogen) atoms. The van der Waals surface area contributed by atoms with Gasteiger partial charge in [0.05, 0.1) is 24.2 Å². The molecule has 210 valence electrons. The summed E-state index contributed by atoms with van der Waals surface area (Å²) < 4.78 is 6.29. The lowest BCUT2D eigenvalue weighted by Gasteiger charge is -2.24. The van der Waals surface area contributed by atoms with Crippen molar-refractivity contribution in [1.82, 2.24) is 24.8 Å². The molecule has 5 N–H and O–H groups in total. The van der Waals surface area contributed by atoms with Gasteiger partial charge in [0, 0.05) is 24.3 Å². The highest BCUT2D eigenvalue weighted by molar-refractivity contribution is 6.07. The molecule has 1 unspecified atom stereocenters. The molecular formula is C26H28N6O8. The Hall–Kier alpha value is -4.24. The zero-order valence-corrected chi connectivity index (χ0v) is 21.2. The van der Waals surface area contributed by atoms with Crippen LogP contribution in [0, 0.1) is 0 Å². The van der Waals surface area contributed by atoms with Crippen LogP contribution in [-0.2, 0) is 14.3 Å². The second kappa shape index (κ2) is 11.5. The molecule has 14 heteroatoms. The Labute approximate surface area is 227 Å². The summed E-state index contributed by atoms with van der Waals surface area (Å²) in [5.74, 6) is -1.49. The molecule has 4 heterocycles. The Balaban J connectivity index is 1.21. The van der Waals surface area contributed by atoms with E-state index in [0.717, 1.165) is 4.57 Å². The first kappa shape index (κ1) is 27.3. The maximum Gasteiger partial charge on any atom is 0.351 e. The second-order valence-corrected chi connectivity index (χ2v) is 9.52. The number of para-hydroxylation sites is 1. The first-order valence-electron chi connectivity index (χ1n) is 12.7. The average Bonchev–Trinajstić information content (AvgIpc) is 3.56. The van der Waals surface area contributed by atoms with Crippen molar-refractivity contribution >= 4 is 34.4 Å². The summed E-state index contributed by atoms with van der Waals surface area (Å²) in [4.78, 5) is 60.7. The average molecular weight is 553 g/mol. The van der Waals surface area contributed by atoms with E-state index in [1.165, 1.54) is 23.4 Å². The van der Waals surface area contributed by atoms with Gasteiger partial charge in [-0.05, 0) is 31.0 Å². The monoisotopic (exact) mass is 552 g/mol. The van der Waals surface area contributed by atoms with Crippen LogP contribution in [0.5, 0.6) is 0 Å². The maximum absolute atomic E-state index is 13.0. The van der Waals surface area contributed by atoms with Gasteiger partial charge >= 0.3 is 5.69 Å². The number of rotatable bonds is 7. The largest absolute Gasteiger partial charge is 0.394 e. The van der Waals surface area contributed by atoms with E-state index in [1.54, 1.807) is 24.3 Å². The summed E-state index contributed by atoms with van der Waals surface area (Å²) in [6, 6.07) is 9.22. The van der Waals surface area contributed by atoms with Gasteiger partial charge in [-0.3, -0.25) is 23.9 Å². The fourth-order valence-electron chi connectivity index (χ4n) is 4.98. The Kier molecular flexibility index (Phi) is 7.84. The van der Waals surface area contributed by atoms with E-state index < -0.39 is 60.6 Å². The van der Waals surface area contributed by atoms with Gasteiger partial charge in [0.1, 0.15) is 30.2 Å². The van der Waals surface area contributed by atoms with E-state index >= 15 is 0 Å².